The normalized spacial score (nSPS) is 23.1. The topological polar surface area (TPSA) is 29.1 Å². The molecule has 2 atom stereocenters. The molecule has 1 fully saturated rings. The zero-order valence-corrected chi connectivity index (χ0v) is 12.7. The Morgan fingerprint density at radius 2 is 2.26 bits per heavy atom. The Hall–Kier alpha value is -0.900. The zero-order chi connectivity index (χ0) is 13.8. The molecule has 1 N–H and O–H groups in total. The molecule has 0 bridgehead atoms. The lowest BCUT2D eigenvalue weighted by atomic mass is 9.87. The first-order valence-corrected chi connectivity index (χ1v) is 7.85. The minimum atomic E-state index is -0.439. The minimum absolute atomic E-state index is 0.145. The number of hydrogen-bond acceptors (Lipinski definition) is 1. The molecule has 0 saturated heterocycles. The number of alkyl halides is 1. The minimum Gasteiger partial charge on any atom is -0.349 e. The first kappa shape index (κ1) is 14.5. The summed E-state index contributed by atoms with van der Waals surface area (Å²) in [7, 11) is 0. The fraction of sp³-hybridized carbons (Fsp3) is 0.533. The number of amides is 1. The lowest BCUT2D eigenvalue weighted by molar-refractivity contribution is 0.0917. The number of benzene rings is 1. The van der Waals surface area contributed by atoms with Crippen LogP contribution < -0.4 is 5.32 Å². The third kappa shape index (κ3) is 3.78. The number of carbonyl (C=O) groups is 1. The largest absolute Gasteiger partial charge is 0.349 e. The summed E-state index contributed by atoms with van der Waals surface area (Å²) in [5.74, 6) is -0.120. The van der Waals surface area contributed by atoms with E-state index in [1.807, 2.05) is 6.92 Å². The third-order valence-electron chi connectivity index (χ3n) is 3.71. The van der Waals surface area contributed by atoms with Crippen LogP contribution in [-0.2, 0) is 0 Å². The van der Waals surface area contributed by atoms with E-state index in [0.29, 0.717) is 5.92 Å². The molecule has 1 aromatic carbocycles. The number of hydrogen-bond donors (Lipinski definition) is 1. The summed E-state index contributed by atoms with van der Waals surface area (Å²) in [6, 6.07) is 4.90. The van der Waals surface area contributed by atoms with Crippen LogP contribution in [0.1, 0.15) is 41.6 Å². The maximum absolute atomic E-state index is 13.7. The van der Waals surface area contributed by atoms with Crippen LogP contribution in [0.25, 0.3) is 0 Å². The predicted octanol–water partition coefficient (Wildman–Crippen LogP) is 3.82. The van der Waals surface area contributed by atoms with Gasteiger partial charge < -0.3 is 5.32 Å². The molecule has 104 valence electrons. The summed E-state index contributed by atoms with van der Waals surface area (Å²) in [4.78, 5) is 12.1. The van der Waals surface area contributed by atoms with Crippen molar-refractivity contribution in [1.82, 2.24) is 5.32 Å². The van der Waals surface area contributed by atoms with Crippen molar-refractivity contribution in [2.24, 2.45) is 5.92 Å². The van der Waals surface area contributed by atoms with Crippen LogP contribution in [0.4, 0.5) is 4.39 Å². The smallest absolute Gasteiger partial charge is 0.254 e. The summed E-state index contributed by atoms with van der Waals surface area (Å²) in [5, 5.41) is 3.93. The van der Waals surface area contributed by atoms with Gasteiger partial charge in [-0.25, -0.2) is 4.39 Å². The number of aryl methyl sites for hydroxylation is 1. The Labute approximate surface area is 121 Å². The quantitative estimate of drug-likeness (QED) is 0.840. The van der Waals surface area contributed by atoms with E-state index in [9.17, 15) is 9.18 Å². The van der Waals surface area contributed by atoms with Crippen molar-refractivity contribution < 1.29 is 9.18 Å². The van der Waals surface area contributed by atoms with E-state index >= 15 is 0 Å². The van der Waals surface area contributed by atoms with Gasteiger partial charge in [0.05, 0.1) is 5.56 Å². The molecule has 19 heavy (non-hydrogen) atoms. The highest BCUT2D eigenvalue weighted by Crippen LogP contribution is 2.26. The fourth-order valence-corrected chi connectivity index (χ4v) is 3.22. The van der Waals surface area contributed by atoms with Gasteiger partial charge in [0.15, 0.2) is 0 Å². The van der Waals surface area contributed by atoms with Crippen molar-refractivity contribution in [2.75, 3.05) is 5.33 Å². The van der Waals surface area contributed by atoms with Crippen LogP contribution in [0.5, 0.6) is 0 Å². The van der Waals surface area contributed by atoms with Crippen LogP contribution in [0, 0.1) is 18.7 Å². The molecule has 0 heterocycles. The van der Waals surface area contributed by atoms with E-state index in [1.165, 1.54) is 12.5 Å². The van der Waals surface area contributed by atoms with Gasteiger partial charge in [0, 0.05) is 11.4 Å². The van der Waals surface area contributed by atoms with E-state index in [0.717, 1.165) is 30.2 Å². The first-order chi connectivity index (χ1) is 9.10. The molecular formula is C15H19BrFNO. The number of carbonyl (C=O) groups excluding carboxylic acids is 1. The molecule has 0 aliphatic heterocycles. The summed E-state index contributed by atoms with van der Waals surface area (Å²) >= 11 is 3.50. The van der Waals surface area contributed by atoms with Gasteiger partial charge in [-0.1, -0.05) is 28.4 Å². The van der Waals surface area contributed by atoms with Crippen molar-refractivity contribution in [2.45, 2.75) is 38.6 Å². The van der Waals surface area contributed by atoms with Crippen molar-refractivity contribution in [3.63, 3.8) is 0 Å². The molecule has 0 radical (unpaired) electrons. The van der Waals surface area contributed by atoms with Gasteiger partial charge >= 0.3 is 0 Å². The van der Waals surface area contributed by atoms with E-state index in [-0.39, 0.29) is 17.5 Å². The summed E-state index contributed by atoms with van der Waals surface area (Å²) < 4.78 is 13.7. The zero-order valence-electron chi connectivity index (χ0n) is 11.1. The number of halogens is 2. The second kappa shape index (κ2) is 6.51. The van der Waals surface area contributed by atoms with Gasteiger partial charge in [0.2, 0.25) is 0 Å². The molecule has 1 aromatic rings. The first-order valence-electron chi connectivity index (χ1n) is 6.73. The van der Waals surface area contributed by atoms with Gasteiger partial charge in [-0.05, 0) is 49.8 Å². The number of nitrogens with one attached hydrogen (secondary N) is 1. The van der Waals surface area contributed by atoms with Crippen LogP contribution in [0.15, 0.2) is 18.2 Å². The summed E-state index contributed by atoms with van der Waals surface area (Å²) in [6.07, 6.45) is 4.29. The average Bonchev–Trinajstić information content (AvgIpc) is 2.38. The fourth-order valence-electron chi connectivity index (χ4n) is 2.63. The molecule has 0 spiro atoms. The van der Waals surface area contributed by atoms with Gasteiger partial charge in [-0.3, -0.25) is 4.79 Å². The standard InChI is InChI=1S/C15H19BrFNO/c1-10-5-6-13(14(17)7-10)15(19)18-12-4-2-3-11(8-12)9-16/h5-7,11-12H,2-4,8-9H2,1H3,(H,18,19). The second-order valence-corrected chi connectivity index (χ2v) is 5.99. The van der Waals surface area contributed by atoms with Crippen LogP contribution >= 0.6 is 15.9 Å². The molecule has 2 nitrogen and oxygen atoms in total. The third-order valence-corrected chi connectivity index (χ3v) is 4.62. The van der Waals surface area contributed by atoms with Crippen LogP contribution in [-0.4, -0.2) is 17.3 Å². The van der Waals surface area contributed by atoms with Crippen molar-refractivity contribution >= 4 is 21.8 Å². The summed E-state index contributed by atoms with van der Waals surface area (Å²) in [5.41, 5.74) is 0.970. The van der Waals surface area contributed by atoms with E-state index in [1.54, 1.807) is 12.1 Å². The highest BCUT2D eigenvalue weighted by atomic mass is 79.9. The van der Waals surface area contributed by atoms with Crippen molar-refractivity contribution in [3.05, 3.63) is 35.1 Å². The Balaban J connectivity index is 2.00. The Kier molecular flexibility index (Phi) is 4.97. The molecule has 1 aliphatic rings. The number of rotatable bonds is 3. The maximum atomic E-state index is 13.7. The van der Waals surface area contributed by atoms with E-state index < -0.39 is 5.82 Å². The maximum Gasteiger partial charge on any atom is 0.254 e. The highest BCUT2D eigenvalue weighted by Gasteiger charge is 2.23. The highest BCUT2D eigenvalue weighted by molar-refractivity contribution is 9.09. The molecular weight excluding hydrogens is 309 g/mol. The summed E-state index contributed by atoms with van der Waals surface area (Å²) in [6.45, 7) is 1.81. The Bertz CT molecular complexity index is 463. The predicted molar refractivity (Wildman–Crippen MR) is 78.1 cm³/mol. The SMILES string of the molecule is Cc1ccc(C(=O)NC2CCCC(CBr)C2)c(F)c1. The van der Waals surface area contributed by atoms with Gasteiger partial charge in [-0.2, -0.15) is 0 Å². The second-order valence-electron chi connectivity index (χ2n) is 5.34. The average molecular weight is 328 g/mol. The Morgan fingerprint density at radius 1 is 1.47 bits per heavy atom. The van der Waals surface area contributed by atoms with Gasteiger partial charge in [0.25, 0.3) is 5.91 Å². The van der Waals surface area contributed by atoms with Crippen molar-refractivity contribution in [1.29, 1.82) is 0 Å². The molecule has 2 rings (SSSR count). The lowest BCUT2D eigenvalue weighted by Gasteiger charge is -2.28. The molecule has 1 saturated carbocycles. The Morgan fingerprint density at radius 3 is 2.95 bits per heavy atom. The van der Waals surface area contributed by atoms with Crippen LogP contribution in [0.2, 0.25) is 0 Å². The molecule has 1 amide bonds. The lowest BCUT2D eigenvalue weighted by Crippen LogP contribution is -2.39. The monoisotopic (exact) mass is 327 g/mol. The van der Waals surface area contributed by atoms with Crippen LogP contribution in [0.3, 0.4) is 0 Å². The molecule has 1 aliphatic carbocycles. The van der Waals surface area contributed by atoms with E-state index in [2.05, 4.69) is 21.2 Å². The van der Waals surface area contributed by atoms with Gasteiger partial charge in [0.1, 0.15) is 5.82 Å². The molecule has 0 aromatic heterocycles. The van der Waals surface area contributed by atoms with Gasteiger partial charge in [-0.15, -0.1) is 0 Å². The van der Waals surface area contributed by atoms with Crippen molar-refractivity contribution in [3.8, 4) is 0 Å². The van der Waals surface area contributed by atoms with E-state index in [4.69, 9.17) is 0 Å². The molecule has 4 heteroatoms. The molecule has 2 unspecified atom stereocenters.